The van der Waals surface area contributed by atoms with Gasteiger partial charge in [-0.2, -0.15) is 0 Å². The van der Waals surface area contributed by atoms with E-state index in [1.165, 1.54) is 58.2 Å². The number of nitrogens with zero attached hydrogens (tertiary/aromatic N) is 3. The summed E-state index contributed by atoms with van der Waals surface area (Å²) in [6.07, 6.45) is 0. The number of thiophene rings is 1. The Kier molecular flexibility index (Phi) is 6.36. The van der Waals surface area contributed by atoms with Gasteiger partial charge in [0.25, 0.3) is 0 Å². The summed E-state index contributed by atoms with van der Waals surface area (Å²) >= 11 is 1.90. The van der Waals surface area contributed by atoms with E-state index in [2.05, 4.69) is 103 Å². The van der Waals surface area contributed by atoms with Crippen LogP contribution in [-0.4, -0.2) is 15.0 Å². The molecule has 49 heavy (non-hydrogen) atoms. The first-order chi connectivity index (χ1) is 24.3. The van der Waals surface area contributed by atoms with Gasteiger partial charge in [-0.05, 0) is 32.5 Å². The Morgan fingerprint density at radius 3 is 1.55 bits per heavy atom. The minimum absolute atomic E-state index is 0.660. The quantitative estimate of drug-likeness (QED) is 0.180. The fourth-order valence-electron chi connectivity index (χ4n) is 7.22. The van der Waals surface area contributed by atoms with E-state index in [1.54, 1.807) is 0 Å². The third-order valence-corrected chi connectivity index (χ3v) is 10.8. The molecule has 0 bridgehead atoms. The standard InChI is InChI=1S/C45H27N3S/c1-3-13-30(14-4-1)43-46-44(31-15-5-2-6-16-31)48-45(47-43)39-23-10-18-33-34(19-9-20-35(33)39)36-21-11-22-37-38-27-26-29-25-24-28-12-7-8-17-32(28)40(29)42(38)49-41(36)37/h1-27H. The van der Waals surface area contributed by atoms with Crippen LogP contribution >= 0.6 is 11.3 Å². The van der Waals surface area contributed by atoms with Gasteiger partial charge >= 0.3 is 0 Å². The van der Waals surface area contributed by atoms with Crippen molar-refractivity contribution in [3.63, 3.8) is 0 Å². The maximum absolute atomic E-state index is 5.06. The Morgan fingerprint density at radius 2 is 0.816 bits per heavy atom. The summed E-state index contributed by atoms with van der Waals surface area (Å²) in [7, 11) is 0. The molecule has 0 unspecified atom stereocenters. The Bertz CT molecular complexity index is 2820. The van der Waals surface area contributed by atoms with Crippen molar-refractivity contribution in [1.29, 1.82) is 0 Å². The van der Waals surface area contributed by atoms with Crippen LogP contribution in [0, 0.1) is 0 Å². The van der Waals surface area contributed by atoms with Crippen molar-refractivity contribution in [3.05, 3.63) is 164 Å². The predicted octanol–water partition coefficient (Wildman–Crippen LogP) is 12.4. The van der Waals surface area contributed by atoms with Crippen molar-refractivity contribution in [3.8, 4) is 45.3 Å². The van der Waals surface area contributed by atoms with Gasteiger partial charge in [-0.1, -0.05) is 164 Å². The lowest BCUT2D eigenvalue weighted by Crippen LogP contribution is -2.00. The van der Waals surface area contributed by atoms with Crippen molar-refractivity contribution < 1.29 is 0 Å². The summed E-state index contributed by atoms with van der Waals surface area (Å²) in [6.45, 7) is 0. The van der Waals surface area contributed by atoms with Crippen LogP contribution in [0.1, 0.15) is 0 Å². The molecule has 0 fully saturated rings. The Morgan fingerprint density at radius 1 is 0.306 bits per heavy atom. The SMILES string of the molecule is c1ccc(-c2nc(-c3ccccc3)nc(-c3cccc4c(-c5cccc6c5sc5c6ccc6ccc7ccccc7c65)cccc34)n2)cc1. The van der Waals surface area contributed by atoms with Crippen molar-refractivity contribution >= 4 is 63.8 Å². The van der Waals surface area contributed by atoms with Gasteiger partial charge in [-0.25, -0.2) is 15.0 Å². The molecule has 8 aromatic carbocycles. The van der Waals surface area contributed by atoms with Crippen LogP contribution in [0.2, 0.25) is 0 Å². The molecule has 0 N–H and O–H groups in total. The molecule has 0 saturated carbocycles. The summed E-state index contributed by atoms with van der Waals surface area (Å²) in [5.41, 5.74) is 5.34. The van der Waals surface area contributed by atoms with E-state index in [9.17, 15) is 0 Å². The Labute approximate surface area is 286 Å². The number of aromatic nitrogens is 3. The largest absolute Gasteiger partial charge is 0.208 e. The first-order valence-corrected chi connectivity index (χ1v) is 17.3. The molecule has 228 valence electrons. The molecule has 4 heteroatoms. The second kappa shape index (κ2) is 11.2. The smallest absolute Gasteiger partial charge is 0.164 e. The lowest BCUT2D eigenvalue weighted by atomic mass is 9.94. The van der Waals surface area contributed by atoms with E-state index >= 15 is 0 Å². The molecule has 3 nitrogen and oxygen atoms in total. The highest BCUT2D eigenvalue weighted by molar-refractivity contribution is 7.27. The first kappa shape index (κ1) is 27.8. The summed E-state index contributed by atoms with van der Waals surface area (Å²) in [5, 5.41) is 10.1. The van der Waals surface area contributed by atoms with Crippen LogP contribution in [0.4, 0.5) is 0 Å². The predicted molar refractivity (Wildman–Crippen MR) is 207 cm³/mol. The summed E-state index contributed by atoms with van der Waals surface area (Å²) in [6, 6.07) is 57.9. The van der Waals surface area contributed by atoms with Gasteiger partial charge in [-0.3, -0.25) is 0 Å². The number of hydrogen-bond donors (Lipinski definition) is 0. The molecule has 0 spiro atoms. The van der Waals surface area contributed by atoms with E-state index in [1.807, 2.05) is 72.0 Å². The lowest BCUT2D eigenvalue weighted by Gasteiger charge is -2.13. The molecule has 10 aromatic rings. The second-order valence-corrected chi connectivity index (χ2v) is 13.4. The molecule has 0 radical (unpaired) electrons. The second-order valence-electron chi connectivity index (χ2n) is 12.4. The van der Waals surface area contributed by atoms with Gasteiger partial charge in [0.1, 0.15) is 0 Å². The van der Waals surface area contributed by atoms with E-state index in [-0.39, 0.29) is 0 Å². The Balaban J connectivity index is 1.20. The van der Waals surface area contributed by atoms with Gasteiger partial charge in [0.05, 0.1) is 0 Å². The normalized spacial score (nSPS) is 11.7. The Hall–Kier alpha value is -6.23. The highest BCUT2D eigenvalue weighted by Crippen LogP contribution is 2.46. The monoisotopic (exact) mass is 641 g/mol. The zero-order chi connectivity index (χ0) is 32.3. The molecule has 0 atom stereocenters. The summed E-state index contributed by atoms with van der Waals surface area (Å²) < 4.78 is 2.64. The molecule has 2 heterocycles. The highest BCUT2D eigenvalue weighted by Gasteiger charge is 2.18. The number of benzene rings is 8. The topological polar surface area (TPSA) is 38.7 Å². The molecule has 2 aromatic heterocycles. The van der Waals surface area contributed by atoms with Crippen molar-refractivity contribution in [1.82, 2.24) is 15.0 Å². The van der Waals surface area contributed by atoms with Gasteiger partial charge in [0, 0.05) is 47.8 Å². The third kappa shape index (κ3) is 4.53. The van der Waals surface area contributed by atoms with Crippen molar-refractivity contribution in [2.75, 3.05) is 0 Å². The van der Waals surface area contributed by atoms with Crippen molar-refractivity contribution in [2.45, 2.75) is 0 Å². The average molecular weight is 642 g/mol. The molecule has 0 aliphatic heterocycles. The molecule has 0 aliphatic carbocycles. The van der Waals surface area contributed by atoms with Crippen LogP contribution < -0.4 is 0 Å². The first-order valence-electron chi connectivity index (χ1n) is 16.5. The van der Waals surface area contributed by atoms with Gasteiger partial charge < -0.3 is 0 Å². The van der Waals surface area contributed by atoms with Crippen LogP contribution in [0.15, 0.2) is 164 Å². The molecular weight excluding hydrogens is 615 g/mol. The lowest BCUT2D eigenvalue weighted by molar-refractivity contribution is 1.08. The maximum Gasteiger partial charge on any atom is 0.164 e. The van der Waals surface area contributed by atoms with E-state index < -0.39 is 0 Å². The number of fused-ring (bicyclic) bond motifs is 8. The molecule has 0 aliphatic rings. The minimum Gasteiger partial charge on any atom is -0.208 e. The van der Waals surface area contributed by atoms with Gasteiger partial charge in [0.15, 0.2) is 17.5 Å². The third-order valence-electron chi connectivity index (χ3n) is 9.52. The van der Waals surface area contributed by atoms with Crippen molar-refractivity contribution in [2.24, 2.45) is 0 Å². The van der Waals surface area contributed by atoms with E-state index in [4.69, 9.17) is 15.0 Å². The molecular formula is C45H27N3S. The van der Waals surface area contributed by atoms with Crippen LogP contribution in [-0.2, 0) is 0 Å². The van der Waals surface area contributed by atoms with E-state index in [0.717, 1.165) is 22.1 Å². The fraction of sp³-hybridized carbons (Fsp3) is 0. The minimum atomic E-state index is 0.660. The highest BCUT2D eigenvalue weighted by atomic mass is 32.1. The molecule has 10 rings (SSSR count). The fourth-order valence-corrected chi connectivity index (χ4v) is 8.62. The van der Waals surface area contributed by atoms with Crippen LogP contribution in [0.5, 0.6) is 0 Å². The van der Waals surface area contributed by atoms with Crippen LogP contribution in [0.3, 0.4) is 0 Å². The maximum atomic E-state index is 5.06. The van der Waals surface area contributed by atoms with Crippen LogP contribution in [0.25, 0.3) is 97.8 Å². The average Bonchev–Trinajstić information content (AvgIpc) is 3.57. The van der Waals surface area contributed by atoms with Gasteiger partial charge in [-0.15, -0.1) is 11.3 Å². The zero-order valence-corrected chi connectivity index (χ0v) is 27.2. The molecule has 0 amide bonds. The van der Waals surface area contributed by atoms with Gasteiger partial charge in [0.2, 0.25) is 0 Å². The zero-order valence-electron chi connectivity index (χ0n) is 26.3. The molecule has 0 saturated heterocycles. The summed E-state index contributed by atoms with van der Waals surface area (Å²) in [5.74, 6) is 1.98. The number of rotatable bonds is 4. The number of hydrogen-bond acceptors (Lipinski definition) is 4. The van der Waals surface area contributed by atoms with E-state index in [0.29, 0.717) is 17.5 Å². The summed E-state index contributed by atoms with van der Waals surface area (Å²) in [4.78, 5) is 15.0.